The molecule has 2 N–H and O–H groups in total. The van der Waals surface area contributed by atoms with E-state index < -0.39 is 0 Å². The van der Waals surface area contributed by atoms with Crippen LogP contribution in [0.15, 0.2) is 36.4 Å². The van der Waals surface area contributed by atoms with Gasteiger partial charge >= 0.3 is 0 Å². The Morgan fingerprint density at radius 1 is 0.594 bits per heavy atom. The molecule has 3 saturated heterocycles. The summed E-state index contributed by atoms with van der Waals surface area (Å²) in [6.45, 7) is 44.7. The summed E-state index contributed by atoms with van der Waals surface area (Å²) < 4.78 is 28.1. The predicted molar refractivity (Wildman–Crippen MR) is 289 cm³/mol. The van der Waals surface area contributed by atoms with Gasteiger partial charge in [0.25, 0.3) is 0 Å². The van der Waals surface area contributed by atoms with Gasteiger partial charge in [-0.25, -0.2) is 0 Å². The number of aromatic hydroxyl groups is 1. The molecule has 3 fully saturated rings. The van der Waals surface area contributed by atoms with Gasteiger partial charge in [-0.2, -0.15) is 0 Å². The quantitative estimate of drug-likeness (QED) is 0.153. The summed E-state index contributed by atoms with van der Waals surface area (Å²) in [7, 11) is 8.65. The number of nitrogens with one attached hydrogen (secondary N) is 1. The molecule has 0 radical (unpaired) electrons. The number of benzene rings is 3. The lowest BCUT2D eigenvalue weighted by molar-refractivity contribution is 0.107. The molecule has 3 aliphatic rings. The van der Waals surface area contributed by atoms with Crippen LogP contribution in [0.1, 0.15) is 148 Å². The minimum atomic E-state index is 0.166. The van der Waals surface area contributed by atoms with Gasteiger partial charge in [-0.1, -0.05) is 94.4 Å². The Kier molecular flexibility index (Phi) is 24.5. The van der Waals surface area contributed by atoms with Gasteiger partial charge in [0.15, 0.2) is 0 Å². The molecule has 0 saturated carbocycles. The lowest BCUT2D eigenvalue weighted by atomic mass is 9.75. The van der Waals surface area contributed by atoms with Crippen molar-refractivity contribution >= 4 is 0 Å². The number of ether oxygens (including phenoxy) is 5. The molecule has 3 aromatic carbocycles. The van der Waals surface area contributed by atoms with Crippen LogP contribution in [0.3, 0.4) is 0 Å². The van der Waals surface area contributed by atoms with Crippen molar-refractivity contribution in [1.82, 2.24) is 24.9 Å². The fourth-order valence-electron chi connectivity index (χ4n) is 10.3. The van der Waals surface area contributed by atoms with Crippen molar-refractivity contribution in [3.8, 4) is 34.5 Å². The zero-order chi connectivity index (χ0) is 51.6. The molecule has 3 heterocycles. The molecule has 0 aliphatic carbocycles. The van der Waals surface area contributed by atoms with Gasteiger partial charge < -0.3 is 39.0 Å². The smallest absolute Gasteiger partial charge is 0.130 e. The fourth-order valence-corrected chi connectivity index (χ4v) is 10.3. The zero-order valence-electron chi connectivity index (χ0n) is 47.2. The SMILES string of the molecule is CC.COc1c(CN2CCC(C(C)(C)C)CC2)ccc(O)c1C.COc1ccc(CN2CCN(CC(C)C)CC2)c(OC)c1C(C)C.COc1ccc(CN2CCNC(C)(C)C2)c(OC)c1C(C)C. The van der Waals surface area contributed by atoms with E-state index >= 15 is 0 Å². The number of likely N-dealkylation sites (tertiary alicyclic amines) is 1. The van der Waals surface area contributed by atoms with Gasteiger partial charge in [0.1, 0.15) is 34.5 Å². The van der Waals surface area contributed by atoms with Crippen LogP contribution in [0.5, 0.6) is 34.5 Å². The first-order valence-corrected chi connectivity index (χ1v) is 26.1. The summed E-state index contributed by atoms with van der Waals surface area (Å²) >= 11 is 0. The first kappa shape index (κ1) is 59.6. The molecule has 11 heteroatoms. The number of hydrogen-bond acceptors (Lipinski definition) is 11. The van der Waals surface area contributed by atoms with Gasteiger partial charge in [0.05, 0.1) is 35.5 Å². The van der Waals surface area contributed by atoms with Crippen LogP contribution in [0.2, 0.25) is 0 Å². The molecule has 11 nitrogen and oxygen atoms in total. The van der Waals surface area contributed by atoms with Crippen LogP contribution in [-0.2, 0) is 19.6 Å². The highest BCUT2D eigenvalue weighted by Crippen LogP contribution is 2.40. The number of hydrogen-bond donors (Lipinski definition) is 2. The maximum atomic E-state index is 9.79. The Morgan fingerprint density at radius 2 is 1.01 bits per heavy atom. The standard InChI is InChI=1S/C20H34N2O2.C18H30N2O2.C18H29NO2.C2H6/c1-15(2)13-21-9-11-22(12-10-21)14-17-7-8-18(23-5)19(16(3)4)20(17)24-6;1-13(2)16-15(21-5)8-7-14(17(16)22-6)11-20-10-9-19-18(3,4)12-20;1-13-16(20)7-6-14(17(13)21-5)12-19-10-8-15(9-11-19)18(2,3)4;1-2/h7-8,15-16H,9-14H2,1-6H3;7-8,13,19H,9-12H2,1-6H3;6-7,15,20H,8-12H2,1-5H3;1-2H3. The summed E-state index contributed by atoms with van der Waals surface area (Å²) in [4.78, 5) is 10.1. The number of piperazine rings is 2. The Morgan fingerprint density at radius 3 is 1.42 bits per heavy atom. The van der Waals surface area contributed by atoms with Crippen LogP contribution in [0.25, 0.3) is 0 Å². The van der Waals surface area contributed by atoms with Crippen molar-refractivity contribution in [2.24, 2.45) is 17.3 Å². The summed E-state index contributed by atoms with van der Waals surface area (Å²) in [5.41, 5.74) is 7.43. The lowest BCUT2D eigenvalue weighted by Gasteiger charge is -2.39. The number of nitrogens with zero attached hydrogens (tertiary/aromatic N) is 4. The van der Waals surface area contributed by atoms with Gasteiger partial charge in [-0.3, -0.25) is 14.7 Å². The van der Waals surface area contributed by atoms with Crippen molar-refractivity contribution in [1.29, 1.82) is 0 Å². The third-order valence-corrected chi connectivity index (χ3v) is 13.9. The van der Waals surface area contributed by atoms with E-state index in [0.29, 0.717) is 23.0 Å². The van der Waals surface area contributed by atoms with Gasteiger partial charge in [0.2, 0.25) is 0 Å². The molecule has 0 unspecified atom stereocenters. The van der Waals surface area contributed by atoms with Gasteiger partial charge in [0, 0.05) is 111 Å². The van der Waals surface area contributed by atoms with Crippen molar-refractivity contribution in [2.45, 2.75) is 147 Å². The Labute approximate surface area is 421 Å². The van der Waals surface area contributed by atoms with E-state index in [1.54, 1.807) is 41.6 Å². The Bertz CT molecular complexity index is 1960. The molecule has 69 heavy (non-hydrogen) atoms. The highest BCUT2D eigenvalue weighted by Gasteiger charge is 2.30. The molecule has 0 amide bonds. The minimum absolute atomic E-state index is 0.166. The second-order valence-corrected chi connectivity index (χ2v) is 21.9. The highest BCUT2D eigenvalue weighted by atomic mass is 16.5. The molecule has 0 aromatic heterocycles. The van der Waals surface area contributed by atoms with E-state index in [0.717, 1.165) is 130 Å². The normalized spacial score (nSPS) is 17.3. The number of phenols is 1. The van der Waals surface area contributed by atoms with Crippen molar-refractivity contribution < 1.29 is 28.8 Å². The second kappa shape index (κ2) is 28.3. The zero-order valence-corrected chi connectivity index (χ0v) is 47.2. The largest absolute Gasteiger partial charge is 0.508 e. The predicted octanol–water partition coefficient (Wildman–Crippen LogP) is 11.6. The maximum absolute atomic E-state index is 9.79. The topological polar surface area (TPSA) is 91.4 Å². The van der Waals surface area contributed by atoms with Crippen molar-refractivity contribution in [2.75, 3.05) is 101 Å². The number of methoxy groups -OCH3 is 5. The third-order valence-electron chi connectivity index (χ3n) is 13.9. The van der Waals surface area contributed by atoms with E-state index in [1.807, 2.05) is 26.8 Å². The molecular formula is C58H99N5O6. The van der Waals surface area contributed by atoms with E-state index in [-0.39, 0.29) is 5.54 Å². The molecule has 392 valence electrons. The van der Waals surface area contributed by atoms with E-state index in [1.165, 1.54) is 41.6 Å². The van der Waals surface area contributed by atoms with Crippen LogP contribution < -0.4 is 29.0 Å². The van der Waals surface area contributed by atoms with Crippen LogP contribution in [-0.4, -0.2) is 131 Å². The average molecular weight is 962 g/mol. The van der Waals surface area contributed by atoms with Crippen LogP contribution in [0, 0.1) is 24.2 Å². The fraction of sp³-hybridized carbons (Fsp3) is 0.690. The summed E-state index contributed by atoms with van der Waals surface area (Å²) in [6, 6.07) is 12.2. The number of piperidine rings is 1. The molecule has 0 atom stereocenters. The molecule has 6 rings (SSSR count). The molecule has 0 spiro atoms. The molecule has 3 aromatic rings. The molecule has 3 aliphatic heterocycles. The second-order valence-electron chi connectivity index (χ2n) is 21.9. The van der Waals surface area contributed by atoms with Crippen molar-refractivity contribution in [3.63, 3.8) is 0 Å². The Balaban J connectivity index is 0.000000269. The first-order chi connectivity index (χ1) is 32.7. The van der Waals surface area contributed by atoms with E-state index in [9.17, 15) is 5.11 Å². The number of phenolic OH excluding ortho intramolecular Hbond substituents is 1. The number of rotatable bonds is 15. The van der Waals surface area contributed by atoms with Gasteiger partial charge in [-0.05, 0) is 94.0 Å². The Hall–Kier alpha value is -3.74. The maximum Gasteiger partial charge on any atom is 0.130 e. The monoisotopic (exact) mass is 962 g/mol. The highest BCUT2D eigenvalue weighted by molar-refractivity contribution is 5.53. The minimum Gasteiger partial charge on any atom is -0.508 e. The van der Waals surface area contributed by atoms with Crippen molar-refractivity contribution in [3.05, 3.63) is 69.8 Å². The molecular weight excluding hydrogens is 863 g/mol. The average Bonchev–Trinajstić information content (AvgIpc) is 3.31. The summed E-state index contributed by atoms with van der Waals surface area (Å²) in [6.07, 6.45) is 2.53. The first-order valence-electron chi connectivity index (χ1n) is 26.1. The van der Waals surface area contributed by atoms with Crippen LogP contribution >= 0.6 is 0 Å². The van der Waals surface area contributed by atoms with E-state index in [4.69, 9.17) is 23.7 Å². The summed E-state index contributed by atoms with van der Waals surface area (Å²) in [5, 5.41) is 13.3. The van der Waals surface area contributed by atoms with Gasteiger partial charge in [-0.15, -0.1) is 0 Å². The van der Waals surface area contributed by atoms with E-state index in [2.05, 4.69) is 125 Å². The third kappa shape index (κ3) is 17.5. The summed E-state index contributed by atoms with van der Waals surface area (Å²) in [5.74, 6) is 7.24. The lowest BCUT2D eigenvalue weighted by Crippen LogP contribution is -2.56. The van der Waals surface area contributed by atoms with Crippen LogP contribution in [0.4, 0.5) is 0 Å². The molecule has 0 bridgehead atoms.